The number of hydrogen-bond acceptors (Lipinski definition) is 0. The summed E-state index contributed by atoms with van der Waals surface area (Å²) < 4.78 is 2.27. The van der Waals surface area contributed by atoms with E-state index in [1.54, 1.807) is 0 Å². The van der Waals surface area contributed by atoms with E-state index in [1.807, 2.05) is 0 Å². The molecule has 1 heterocycles. The highest BCUT2D eigenvalue weighted by atomic mass is 14.9. The zero-order chi connectivity index (χ0) is 8.27. The highest BCUT2D eigenvalue weighted by Crippen LogP contribution is 2.04. The molecular formula is C10H17N. The minimum Gasteiger partial charge on any atom is -0.354 e. The van der Waals surface area contributed by atoms with Crippen LogP contribution in [0.1, 0.15) is 26.3 Å². The second-order valence-corrected chi connectivity index (χ2v) is 3.46. The third kappa shape index (κ3) is 2.41. The summed E-state index contributed by atoms with van der Waals surface area (Å²) in [5.41, 5.74) is 1.44. The van der Waals surface area contributed by atoms with Gasteiger partial charge in [0, 0.05) is 18.9 Å². The topological polar surface area (TPSA) is 4.93 Å². The summed E-state index contributed by atoms with van der Waals surface area (Å²) >= 11 is 0. The highest BCUT2D eigenvalue weighted by Gasteiger charge is 1.96. The molecule has 0 saturated heterocycles. The van der Waals surface area contributed by atoms with Gasteiger partial charge in [0.25, 0.3) is 0 Å². The molecule has 1 aromatic rings. The van der Waals surface area contributed by atoms with Crippen molar-refractivity contribution in [3.8, 4) is 0 Å². The van der Waals surface area contributed by atoms with E-state index >= 15 is 0 Å². The zero-order valence-electron chi connectivity index (χ0n) is 7.67. The first-order valence-electron chi connectivity index (χ1n) is 4.37. The average molecular weight is 151 g/mol. The van der Waals surface area contributed by atoms with E-state index < -0.39 is 0 Å². The number of aryl methyl sites for hydroxylation is 1. The molecule has 0 spiro atoms. The molecule has 1 rings (SSSR count). The van der Waals surface area contributed by atoms with Crippen molar-refractivity contribution < 1.29 is 0 Å². The van der Waals surface area contributed by atoms with Gasteiger partial charge in [-0.05, 0) is 24.0 Å². The summed E-state index contributed by atoms with van der Waals surface area (Å²) in [6, 6.07) is 2.20. The predicted molar refractivity (Wildman–Crippen MR) is 48.6 cm³/mol. The summed E-state index contributed by atoms with van der Waals surface area (Å²) in [5.74, 6) is 0.743. The second-order valence-electron chi connectivity index (χ2n) is 3.46. The van der Waals surface area contributed by atoms with E-state index in [1.165, 1.54) is 5.56 Å². The lowest BCUT2D eigenvalue weighted by Gasteiger charge is -2.04. The molecule has 0 amide bonds. The first-order chi connectivity index (χ1) is 5.22. The third-order valence-corrected chi connectivity index (χ3v) is 1.80. The lowest BCUT2D eigenvalue weighted by molar-refractivity contribution is 0.524. The second kappa shape index (κ2) is 3.61. The molecule has 0 unspecified atom stereocenters. The molecule has 1 nitrogen and oxygen atoms in total. The molecule has 0 saturated carbocycles. The summed E-state index contributed by atoms with van der Waals surface area (Å²) in [6.07, 6.45) is 5.55. The largest absolute Gasteiger partial charge is 0.354 e. The van der Waals surface area contributed by atoms with Gasteiger partial charge in [-0.3, -0.25) is 0 Å². The Morgan fingerprint density at radius 3 is 2.64 bits per heavy atom. The van der Waals surface area contributed by atoms with Crippen molar-refractivity contribution in [3.05, 3.63) is 24.0 Å². The third-order valence-electron chi connectivity index (χ3n) is 1.80. The van der Waals surface area contributed by atoms with E-state index in [-0.39, 0.29) is 0 Å². The van der Waals surface area contributed by atoms with E-state index in [9.17, 15) is 0 Å². The average Bonchev–Trinajstić information content (AvgIpc) is 2.34. The summed E-state index contributed by atoms with van der Waals surface area (Å²) in [4.78, 5) is 0. The number of hydrogen-bond donors (Lipinski definition) is 0. The lowest BCUT2D eigenvalue weighted by Crippen LogP contribution is -2.00. The Bertz CT molecular complexity index is 210. The van der Waals surface area contributed by atoms with E-state index in [0.717, 1.165) is 18.9 Å². The SMILES string of the molecule is CCc1ccn(CC(C)C)c1. The van der Waals surface area contributed by atoms with Gasteiger partial charge in [0.2, 0.25) is 0 Å². The van der Waals surface area contributed by atoms with Gasteiger partial charge < -0.3 is 4.57 Å². The maximum absolute atomic E-state index is 2.27. The van der Waals surface area contributed by atoms with Crippen molar-refractivity contribution in [2.75, 3.05) is 0 Å². The molecule has 0 radical (unpaired) electrons. The Balaban J connectivity index is 2.58. The van der Waals surface area contributed by atoms with Crippen LogP contribution in [0.15, 0.2) is 18.5 Å². The zero-order valence-corrected chi connectivity index (χ0v) is 7.67. The van der Waals surface area contributed by atoms with Gasteiger partial charge in [-0.1, -0.05) is 20.8 Å². The van der Waals surface area contributed by atoms with Gasteiger partial charge >= 0.3 is 0 Å². The van der Waals surface area contributed by atoms with E-state index in [4.69, 9.17) is 0 Å². The fraction of sp³-hybridized carbons (Fsp3) is 0.600. The number of aromatic nitrogens is 1. The molecular weight excluding hydrogens is 134 g/mol. The number of rotatable bonds is 3. The van der Waals surface area contributed by atoms with Crippen molar-refractivity contribution in [2.45, 2.75) is 33.7 Å². The molecule has 0 aromatic carbocycles. The molecule has 1 heteroatoms. The van der Waals surface area contributed by atoms with Crippen molar-refractivity contribution in [1.29, 1.82) is 0 Å². The summed E-state index contributed by atoms with van der Waals surface area (Å²) in [7, 11) is 0. The number of nitrogens with zero attached hydrogens (tertiary/aromatic N) is 1. The Morgan fingerprint density at radius 1 is 1.45 bits per heavy atom. The molecule has 1 aromatic heterocycles. The van der Waals surface area contributed by atoms with Gasteiger partial charge in [0.15, 0.2) is 0 Å². The van der Waals surface area contributed by atoms with E-state index in [0.29, 0.717) is 0 Å². The normalized spacial score (nSPS) is 10.9. The summed E-state index contributed by atoms with van der Waals surface area (Å²) in [5, 5.41) is 0. The maximum Gasteiger partial charge on any atom is 0.0242 e. The van der Waals surface area contributed by atoms with Crippen LogP contribution in [0, 0.1) is 5.92 Å². The molecule has 11 heavy (non-hydrogen) atoms. The van der Waals surface area contributed by atoms with Crippen molar-refractivity contribution in [3.63, 3.8) is 0 Å². The first-order valence-corrected chi connectivity index (χ1v) is 4.37. The lowest BCUT2D eigenvalue weighted by atomic mass is 10.2. The molecule has 0 bridgehead atoms. The predicted octanol–water partition coefficient (Wildman–Crippen LogP) is 2.71. The molecule has 0 aliphatic rings. The molecule has 0 atom stereocenters. The van der Waals surface area contributed by atoms with Crippen LogP contribution in [0.25, 0.3) is 0 Å². The quantitative estimate of drug-likeness (QED) is 0.626. The van der Waals surface area contributed by atoms with Gasteiger partial charge in [-0.2, -0.15) is 0 Å². The Kier molecular flexibility index (Phi) is 2.75. The van der Waals surface area contributed by atoms with Crippen molar-refractivity contribution in [2.24, 2.45) is 5.92 Å². The highest BCUT2D eigenvalue weighted by molar-refractivity contribution is 5.09. The Hall–Kier alpha value is -0.720. The Morgan fingerprint density at radius 2 is 2.18 bits per heavy atom. The van der Waals surface area contributed by atoms with Crippen LogP contribution in [0.5, 0.6) is 0 Å². The van der Waals surface area contributed by atoms with Crippen LogP contribution in [0.3, 0.4) is 0 Å². The summed E-state index contributed by atoms with van der Waals surface area (Å²) in [6.45, 7) is 7.81. The minimum absolute atomic E-state index is 0.743. The maximum atomic E-state index is 2.27. The molecule has 0 N–H and O–H groups in total. The van der Waals surface area contributed by atoms with Crippen LogP contribution >= 0.6 is 0 Å². The van der Waals surface area contributed by atoms with Crippen LogP contribution in [-0.2, 0) is 13.0 Å². The van der Waals surface area contributed by atoms with Crippen LogP contribution in [0.4, 0.5) is 0 Å². The van der Waals surface area contributed by atoms with Crippen LogP contribution in [-0.4, -0.2) is 4.57 Å². The molecule has 0 fully saturated rings. The van der Waals surface area contributed by atoms with Gasteiger partial charge in [0.1, 0.15) is 0 Å². The monoisotopic (exact) mass is 151 g/mol. The first kappa shape index (κ1) is 8.38. The molecule has 62 valence electrons. The standard InChI is InChI=1S/C10H17N/c1-4-10-5-6-11(8-10)7-9(2)3/h5-6,8-9H,4,7H2,1-3H3. The van der Waals surface area contributed by atoms with Crippen molar-refractivity contribution >= 4 is 0 Å². The van der Waals surface area contributed by atoms with Crippen LogP contribution in [0.2, 0.25) is 0 Å². The molecule has 0 aliphatic carbocycles. The fourth-order valence-electron chi connectivity index (χ4n) is 1.23. The van der Waals surface area contributed by atoms with Gasteiger partial charge in [-0.25, -0.2) is 0 Å². The molecule has 0 aliphatic heterocycles. The Labute approximate surface area is 69.0 Å². The smallest absolute Gasteiger partial charge is 0.0242 e. The van der Waals surface area contributed by atoms with E-state index in [2.05, 4.69) is 43.8 Å². The van der Waals surface area contributed by atoms with Crippen LogP contribution < -0.4 is 0 Å². The fourth-order valence-corrected chi connectivity index (χ4v) is 1.23. The minimum atomic E-state index is 0.743. The van der Waals surface area contributed by atoms with Crippen molar-refractivity contribution in [1.82, 2.24) is 4.57 Å². The van der Waals surface area contributed by atoms with Gasteiger partial charge in [0.05, 0.1) is 0 Å². The van der Waals surface area contributed by atoms with Gasteiger partial charge in [-0.15, -0.1) is 0 Å².